The van der Waals surface area contributed by atoms with Crippen LogP contribution in [0.25, 0.3) is 16.5 Å². The molecule has 4 aromatic rings. The van der Waals surface area contributed by atoms with Gasteiger partial charge in [0.25, 0.3) is 0 Å². The zero-order valence-electron chi connectivity index (χ0n) is 14.4. The molecule has 0 bridgehead atoms. The first-order valence-electron chi connectivity index (χ1n) is 8.79. The van der Waals surface area contributed by atoms with E-state index in [1.165, 1.54) is 4.57 Å². The minimum Gasteiger partial charge on any atom is -0.310 e. The second kappa shape index (κ2) is 5.95. The van der Waals surface area contributed by atoms with Crippen molar-refractivity contribution in [3.05, 3.63) is 93.8 Å². The van der Waals surface area contributed by atoms with Crippen molar-refractivity contribution in [1.82, 2.24) is 14.1 Å². The molecular weight excluding hydrogens is 340 g/mol. The fraction of sp³-hybridized carbons (Fsp3) is 0.0952. The highest BCUT2D eigenvalue weighted by atomic mass is 16.2. The van der Waals surface area contributed by atoms with E-state index in [4.69, 9.17) is 0 Å². The van der Waals surface area contributed by atoms with Crippen molar-refractivity contribution in [2.45, 2.75) is 6.54 Å². The number of aromatic nitrogens is 3. The topological polar surface area (TPSA) is 60.1 Å². The Morgan fingerprint density at radius 3 is 2.37 bits per heavy atom. The first-order valence-corrected chi connectivity index (χ1v) is 8.79. The molecule has 0 spiro atoms. The van der Waals surface area contributed by atoms with Crippen molar-refractivity contribution in [2.24, 2.45) is 0 Å². The summed E-state index contributed by atoms with van der Waals surface area (Å²) in [6.45, 7) is 1.09. The Morgan fingerprint density at radius 2 is 1.52 bits per heavy atom. The summed E-state index contributed by atoms with van der Waals surface area (Å²) >= 11 is 0. The van der Waals surface area contributed by atoms with Crippen LogP contribution in [0.5, 0.6) is 0 Å². The summed E-state index contributed by atoms with van der Waals surface area (Å²) in [5.74, 6) is 0.396. The Hall–Kier alpha value is -3.67. The molecule has 0 radical (unpaired) electrons. The zero-order valence-corrected chi connectivity index (χ0v) is 14.4. The van der Waals surface area contributed by atoms with Gasteiger partial charge in [-0.15, -0.1) is 0 Å². The molecule has 1 aliphatic rings. The standard InChI is InChI=1S/C21H16N4O2/c26-20-22-19-23(16-9-2-1-3-10-16)13-14-24(19)21(27)25(20)18-12-6-8-15-7-4-5-11-17(15)18/h1-12H,13-14H2. The van der Waals surface area contributed by atoms with Gasteiger partial charge in [0.15, 0.2) is 0 Å². The first-order chi connectivity index (χ1) is 13.2. The number of fused-ring (bicyclic) bond motifs is 2. The average Bonchev–Trinajstić information content (AvgIpc) is 3.13. The summed E-state index contributed by atoms with van der Waals surface area (Å²) in [6, 6.07) is 22.9. The van der Waals surface area contributed by atoms with Gasteiger partial charge < -0.3 is 4.90 Å². The Kier molecular flexibility index (Phi) is 3.43. The third-order valence-electron chi connectivity index (χ3n) is 4.91. The van der Waals surface area contributed by atoms with E-state index < -0.39 is 5.69 Å². The van der Waals surface area contributed by atoms with Gasteiger partial charge in [-0.2, -0.15) is 4.98 Å². The van der Waals surface area contributed by atoms with Gasteiger partial charge in [0.2, 0.25) is 5.95 Å². The fourth-order valence-electron chi connectivity index (χ4n) is 3.65. The summed E-state index contributed by atoms with van der Waals surface area (Å²) in [5, 5.41) is 1.82. The number of hydrogen-bond donors (Lipinski definition) is 0. The Balaban J connectivity index is 1.74. The second-order valence-electron chi connectivity index (χ2n) is 6.45. The van der Waals surface area contributed by atoms with E-state index in [1.807, 2.05) is 71.6 Å². The molecule has 1 aliphatic heterocycles. The molecule has 1 aromatic heterocycles. The zero-order chi connectivity index (χ0) is 18.4. The molecule has 0 amide bonds. The first kappa shape index (κ1) is 15.6. The summed E-state index contributed by atoms with van der Waals surface area (Å²) in [5.41, 5.74) is 0.548. The van der Waals surface area contributed by atoms with Crippen LogP contribution in [-0.4, -0.2) is 20.7 Å². The van der Waals surface area contributed by atoms with Crippen LogP contribution in [0, 0.1) is 0 Å². The van der Waals surface area contributed by atoms with E-state index in [1.54, 1.807) is 10.6 Å². The van der Waals surface area contributed by atoms with Crippen molar-refractivity contribution in [3.63, 3.8) is 0 Å². The van der Waals surface area contributed by atoms with Crippen LogP contribution in [0.4, 0.5) is 11.6 Å². The molecule has 5 rings (SSSR count). The van der Waals surface area contributed by atoms with E-state index in [0.717, 1.165) is 16.5 Å². The number of anilines is 2. The molecule has 0 unspecified atom stereocenters. The number of hydrogen-bond acceptors (Lipinski definition) is 4. The number of nitrogens with zero attached hydrogens (tertiary/aromatic N) is 4. The van der Waals surface area contributed by atoms with Crippen molar-refractivity contribution >= 4 is 22.4 Å². The molecule has 6 nitrogen and oxygen atoms in total. The van der Waals surface area contributed by atoms with Crippen molar-refractivity contribution in [1.29, 1.82) is 0 Å². The number of benzene rings is 3. The molecule has 27 heavy (non-hydrogen) atoms. The normalized spacial score (nSPS) is 13.1. The fourth-order valence-corrected chi connectivity index (χ4v) is 3.65. The molecule has 132 valence electrons. The van der Waals surface area contributed by atoms with Gasteiger partial charge in [-0.1, -0.05) is 54.6 Å². The lowest BCUT2D eigenvalue weighted by atomic mass is 10.1. The maximum absolute atomic E-state index is 13.2. The molecule has 0 atom stereocenters. The smallest absolute Gasteiger partial charge is 0.310 e. The SMILES string of the molecule is O=c1nc2n(c(=O)n1-c1cccc3ccccc13)CCN2c1ccccc1. The molecule has 0 N–H and O–H groups in total. The van der Waals surface area contributed by atoms with E-state index >= 15 is 0 Å². The maximum Gasteiger partial charge on any atom is 0.359 e. The van der Waals surface area contributed by atoms with Gasteiger partial charge in [0, 0.05) is 24.2 Å². The highest BCUT2D eigenvalue weighted by Crippen LogP contribution is 2.26. The Morgan fingerprint density at radius 1 is 0.778 bits per heavy atom. The van der Waals surface area contributed by atoms with Gasteiger partial charge in [-0.25, -0.2) is 14.2 Å². The largest absolute Gasteiger partial charge is 0.359 e. The third kappa shape index (κ3) is 2.38. The van der Waals surface area contributed by atoms with Crippen molar-refractivity contribution in [2.75, 3.05) is 11.4 Å². The minimum absolute atomic E-state index is 0.361. The molecule has 0 aliphatic carbocycles. The lowest BCUT2D eigenvalue weighted by molar-refractivity contribution is 0.674. The highest BCUT2D eigenvalue weighted by Gasteiger charge is 2.26. The molecule has 6 heteroatoms. The van der Waals surface area contributed by atoms with Crippen LogP contribution in [0.15, 0.2) is 82.4 Å². The van der Waals surface area contributed by atoms with Crippen LogP contribution in [0.2, 0.25) is 0 Å². The van der Waals surface area contributed by atoms with Gasteiger partial charge in [0.1, 0.15) is 0 Å². The van der Waals surface area contributed by atoms with Crippen LogP contribution in [-0.2, 0) is 6.54 Å². The van der Waals surface area contributed by atoms with E-state index in [-0.39, 0.29) is 5.69 Å². The van der Waals surface area contributed by atoms with Crippen molar-refractivity contribution < 1.29 is 0 Å². The predicted molar refractivity (Wildman–Crippen MR) is 105 cm³/mol. The van der Waals surface area contributed by atoms with Crippen molar-refractivity contribution in [3.8, 4) is 5.69 Å². The molecule has 0 saturated heterocycles. The summed E-state index contributed by atoms with van der Waals surface area (Å²) in [7, 11) is 0. The highest BCUT2D eigenvalue weighted by molar-refractivity contribution is 5.90. The molecular formula is C21H16N4O2. The Labute approximate surface area is 154 Å². The average molecular weight is 356 g/mol. The van der Waals surface area contributed by atoms with E-state index in [0.29, 0.717) is 24.7 Å². The van der Waals surface area contributed by atoms with Crippen LogP contribution in [0.1, 0.15) is 0 Å². The second-order valence-corrected chi connectivity index (χ2v) is 6.45. The van der Waals surface area contributed by atoms with Gasteiger partial charge in [-0.05, 0) is 23.6 Å². The van der Waals surface area contributed by atoms with E-state index in [9.17, 15) is 9.59 Å². The van der Waals surface area contributed by atoms with Crippen LogP contribution < -0.4 is 16.3 Å². The van der Waals surface area contributed by atoms with E-state index in [2.05, 4.69) is 4.98 Å². The summed E-state index contributed by atoms with van der Waals surface area (Å²) in [4.78, 5) is 32.1. The van der Waals surface area contributed by atoms with Gasteiger partial charge >= 0.3 is 11.4 Å². The summed E-state index contributed by atoms with van der Waals surface area (Å²) in [6.07, 6.45) is 0. The molecule has 3 aromatic carbocycles. The quantitative estimate of drug-likeness (QED) is 0.554. The van der Waals surface area contributed by atoms with Crippen LogP contribution >= 0.6 is 0 Å². The third-order valence-corrected chi connectivity index (χ3v) is 4.91. The lowest BCUT2D eigenvalue weighted by Crippen LogP contribution is -2.40. The van der Waals surface area contributed by atoms with Gasteiger partial charge in [0.05, 0.1) is 5.69 Å². The lowest BCUT2D eigenvalue weighted by Gasteiger charge is -2.17. The minimum atomic E-state index is -0.564. The number of para-hydroxylation sites is 1. The monoisotopic (exact) mass is 356 g/mol. The van der Waals surface area contributed by atoms with Crippen LogP contribution in [0.3, 0.4) is 0 Å². The summed E-state index contributed by atoms with van der Waals surface area (Å²) < 4.78 is 2.73. The molecule has 2 heterocycles. The van der Waals surface area contributed by atoms with Gasteiger partial charge in [-0.3, -0.25) is 4.57 Å². The molecule has 0 saturated carbocycles. The Bertz CT molecular complexity index is 1270. The predicted octanol–water partition coefficient (Wildman–Crippen LogP) is 2.70. The maximum atomic E-state index is 13.2. The molecule has 0 fully saturated rings. The number of rotatable bonds is 2.